The van der Waals surface area contributed by atoms with Crippen LogP contribution in [-0.4, -0.2) is 40.7 Å². The van der Waals surface area contributed by atoms with Gasteiger partial charge >= 0.3 is 0 Å². The third kappa shape index (κ3) is 4.01. The first-order chi connectivity index (χ1) is 8.05. The zero-order chi connectivity index (χ0) is 12.9. The van der Waals surface area contributed by atoms with Gasteiger partial charge in [0.1, 0.15) is 5.82 Å². The number of aliphatic hydroxyl groups is 3. The van der Waals surface area contributed by atoms with Gasteiger partial charge in [0, 0.05) is 11.0 Å². The average molecular weight is 308 g/mol. The van der Waals surface area contributed by atoms with E-state index in [0.717, 1.165) is 0 Å². The van der Waals surface area contributed by atoms with Crippen molar-refractivity contribution in [3.8, 4) is 0 Å². The molecule has 4 N–H and O–H groups in total. The molecule has 4 nitrogen and oxygen atoms in total. The number of hydrogen-bond acceptors (Lipinski definition) is 4. The molecule has 96 valence electrons. The standard InChI is InChI=1S/C11H15BrFNO3/c12-9-1-8(2-10(13)3-9)4-14-11(5-15,6-16)7-17/h1-3,14-17H,4-7H2. The number of rotatable bonds is 6. The first kappa shape index (κ1) is 14.5. The number of aliphatic hydroxyl groups excluding tert-OH is 3. The van der Waals surface area contributed by atoms with Gasteiger partial charge in [-0.1, -0.05) is 15.9 Å². The van der Waals surface area contributed by atoms with Gasteiger partial charge in [-0.2, -0.15) is 0 Å². The van der Waals surface area contributed by atoms with Gasteiger partial charge in [-0.15, -0.1) is 0 Å². The second kappa shape index (κ2) is 6.42. The van der Waals surface area contributed by atoms with E-state index < -0.39 is 25.4 Å². The van der Waals surface area contributed by atoms with Crippen molar-refractivity contribution in [2.75, 3.05) is 19.8 Å². The van der Waals surface area contributed by atoms with Crippen molar-refractivity contribution in [1.29, 1.82) is 0 Å². The molecule has 0 amide bonds. The molecule has 17 heavy (non-hydrogen) atoms. The lowest BCUT2D eigenvalue weighted by Crippen LogP contribution is -2.54. The van der Waals surface area contributed by atoms with E-state index in [9.17, 15) is 4.39 Å². The van der Waals surface area contributed by atoms with Crippen LogP contribution in [0.3, 0.4) is 0 Å². The Hall–Kier alpha value is -0.530. The van der Waals surface area contributed by atoms with E-state index in [4.69, 9.17) is 15.3 Å². The summed E-state index contributed by atoms with van der Waals surface area (Å²) in [4.78, 5) is 0. The summed E-state index contributed by atoms with van der Waals surface area (Å²) in [7, 11) is 0. The summed E-state index contributed by atoms with van der Waals surface area (Å²) in [5.74, 6) is -0.376. The molecule has 0 atom stereocenters. The molecule has 0 aliphatic rings. The molecule has 0 saturated heterocycles. The highest BCUT2D eigenvalue weighted by Crippen LogP contribution is 2.15. The van der Waals surface area contributed by atoms with Crippen LogP contribution in [0.2, 0.25) is 0 Å². The van der Waals surface area contributed by atoms with Crippen LogP contribution in [0.4, 0.5) is 4.39 Å². The SMILES string of the molecule is OCC(CO)(CO)NCc1cc(F)cc(Br)c1. The van der Waals surface area contributed by atoms with Gasteiger partial charge in [-0.25, -0.2) is 4.39 Å². The molecule has 6 heteroatoms. The second-order valence-electron chi connectivity index (χ2n) is 3.89. The Bertz CT molecular complexity index is 343. The molecule has 0 unspecified atom stereocenters. The van der Waals surface area contributed by atoms with Crippen LogP contribution in [-0.2, 0) is 6.54 Å². The Morgan fingerprint density at radius 1 is 1.12 bits per heavy atom. The molecule has 0 aromatic heterocycles. The summed E-state index contributed by atoms with van der Waals surface area (Å²) < 4.78 is 13.7. The summed E-state index contributed by atoms with van der Waals surface area (Å²) in [5, 5.41) is 30.1. The summed E-state index contributed by atoms with van der Waals surface area (Å²) in [6.07, 6.45) is 0. The van der Waals surface area contributed by atoms with E-state index in [1.807, 2.05) is 0 Å². The number of hydrogen-bond donors (Lipinski definition) is 4. The van der Waals surface area contributed by atoms with Crippen molar-refractivity contribution in [3.63, 3.8) is 0 Å². The van der Waals surface area contributed by atoms with Gasteiger partial charge in [0.25, 0.3) is 0 Å². The Balaban J connectivity index is 2.71. The van der Waals surface area contributed by atoms with Crippen LogP contribution in [0, 0.1) is 5.82 Å². The second-order valence-corrected chi connectivity index (χ2v) is 4.80. The van der Waals surface area contributed by atoms with Crippen LogP contribution in [0.15, 0.2) is 22.7 Å². The van der Waals surface area contributed by atoms with E-state index in [1.165, 1.54) is 12.1 Å². The van der Waals surface area contributed by atoms with Gasteiger partial charge in [0.2, 0.25) is 0 Å². The fraction of sp³-hybridized carbons (Fsp3) is 0.455. The van der Waals surface area contributed by atoms with Crippen molar-refractivity contribution in [1.82, 2.24) is 5.32 Å². The summed E-state index contributed by atoms with van der Waals surface area (Å²) in [6, 6.07) is 4.39. The number of halogens is 2. The van der Waals surface area contributed by atoms with E-state index in [2.05, 4.69) is 21.2 Å². The molecule has 0 radical (unpaired) electrons. The third-order valence-corrected chi connectivity index (χ3v) is 2.96. The molecule has 1 aromatic rings. The van der Waals surface area contributed by atoms with Gasteiger partial charge in [0.15, 0.2) is 0 Å². The Kier molecular flexibility index (Phi) is 5.48. The van der Waals surface area contributed by atoms with Gasteiger partial charge < -0.3 is 20.6 Å². The molecular formula is C11H15BrFNO3. The fourth-order valence-electron chi connectivity index (χ4n) is 1.32. The lowest BCUT2D eigenvalue weighted by atomic mass is 10.0. The van der Waals surface area contributed by atoms with Gasteiger partial charge in [-0.05, 0) is 23.8 Å². The summed E-state index contributed by atoms with van der Waals surface area (Å²) in [5.41, 5.74) is -0.504. The molecule has 0 heterocycles. The van der Waals surface area contributed by atoms with Crippen molar-refractivity contribution >= 4 is 15.9 Å². The largest absolute Gasteiger partial charge is 0.394 e. The van der Waals surface area contributed by atoms with E-state index in [-0.39, 0.29) is 12.4 Å². The van der Waals surface area contributed by atoms with Crippen LogP contribution in [0.1, 0.15) is 5.56 Å². The normalized spacial score (nSPS) is 11.8. The summed E-state index contributed by atoms with van der Waals surface area (Å²) in [6.45, 7) is -0.985. The smallest absolute Gasteiger partial charge is 0.124 e. The van der Waals surface area contributed by atoms with Crippen molar-refractivity contribution in [2.45, 2.75) is 12.1 Å². The molecule has 1 aromatic carbocycles. The molecule has 0 bridgehead atoms. The molecule has 0 aliphatic heterocycles. The molecule has 0 saturated carbocycles. The zero-order valence-electron chi connectivity index (χ0n) is 9.16. The van der Waals surface area contributed by atoms with Crippen LogP contribution >= 0.6 is 15.9 Å². The summed E-state index contributed by atoms with van der Waals surface area (Å²) >= 11 is 3.17. The minimum atomic E-state index is -1.15. The molecule has 0 fully saturated rings. The van der Waals surface area contributed by atoms with E-state index in [0.29, 0.717) is 10.0 Å². The first-order valence-corrected chi connectivity index (χ1v) is 5.87. The third-order valence-electron chi connectivity index (χ3n) is 2.50. The fourth-order valence-corrected chi connectivity index (χ4v) is 1.83. The van der Waals surface area contributed by atoms with Crippen molar-refractivity contribution in [3.05, 3.63) is 34.1 Å². The lowest BCUT2D eigenvalue weighted by molar-refractivity contribution is 0.0413. The lowest BCUT2D eigenvalue weighted by Gasteiger charge is -2.28. The maximum Gasteiger partial charge on any atom is 0.124 e. The monoisotopic (exact) mass is 307 g/mol. The highest BCUT2D eigenvalue weighted by atomic mass is 79.9. The van der Waals surface area contributed by atoms with Gasteiger partial charge in [0.05, 0.1) is 25.4 Å². The van der Waals surface area contributed by atoms with Crippen molar-refractivity contribution in [2.24, 2.45) is 0 Å². The van der Waals surface area contributed by atoms with E-state index >= 15 is 0 Å². The highest BCUT2D eigenvalue weighted by Gasteiger charge is 2.27. The minimum Gasteiger partial charge on any atom is -0.394 e. The van der Waals surface area contributed by atoms with Crippen molar-refractivity contribution < 1.29 is 19.7 Å². The molecule has 0 spiro atoms. The van der Waals surface area contributed by atoms with Crippen LogP contribution < -0.4 is 5.32 Å². The Morgan fingerprint density at radius 3 is 2.18 bits per heavy atom. The predicted molar refractivity (Wildman–Crippen MR) is 64.9 cm³/mol. The first-order valence-electron chi connectivity index (χ1n) is 5.08. The maximum absolute atomic E-state index is 13.1. The minimum absolute atomic E-state index is 0.234. The topological polar surface area (TPSA) is 72.7 Å². The quantitative estimate of drug-likeness (QED) is 0.614. The number of nitrogens with one attached hydrogen (secondary N) is 1. The zero-order valence-corrected chi connectivity index (χ0v) is 10.7. The van der Waals surface area contributed by atoms with Crippen LogP contribution in [0.25, 0.3) is 0 Å². The van der Waals surface area contributed by atoms with E-state index in [1.54, 1.807) is 6.07 Å². The predicted octanol–water partition coefficient (Wildman–Crippen LogP) is 0.393. The Labute approximate surface area is 107 Å². The van der Waals surface area contributed by atoms with Crippen LogP contribution in [0.5, 0.6) is 0 Å². The Morgan fingerprint density at radius 2 is 1.71 bits per heavy atom. The molecule has 1 rings (SSSR count). The average Bonchev–Trinajstić information content (AvgIpc) is 2.30. The number of benzene rings is 1. The highest BCUT2D eigenvalue weighted by molar-refractivity contribution is 9.10. The maximum atomic E-state index is 13.1. The molecular weight excluding hydrogens is 293 g/mol. The van der Waals surface area contributed by atoms with Gasteiger partial charge in [-0.3, -0.25) is 0 Å². The molecule has 0 aliphatic carbocycles.